The fourth-order valence-corrected chi connectivity index (χ4v) is 2.09. The first-order valence-electron chi connectivity index (χ1n) is 6.80. The van der Waals surface area contributed by atoms with Crippen molar-refractivity contribution in [1.29, 1.82) is 0 Å². The van der Waals surface area contributed by atoms with E-state index in [2.05, 4.69) is 10.3 Å². The zero-order chi connectivity index (χ0) is 13.7. The van der Waals surface area contributed by atoms with Crippen molar-refractivity contribution in [2.45, 2.75) is 39.3 Å². The standard InChI is InChI=1S/C14H21N3O2/c1-11(2)19-13-12(6-5-7-15-13)10-16-14(18)17-8-3-4-9-17/h5-7,11H,3-4,8-10H2,1-2H3,(H,16,18). The lowest BCUT2D eigenvalue weighted by Crippen LogP contribution is -2.37. The highest BCUT2D eigenvalue weighted by Crippen LogP contribution is 2.16. The molecule has 1 aliphatic heterocycles. The molecule has 1 aliphatic rings. The largest absolute Gasteiger partial charge is 0.475 e. The highest BCUT2D eigenvalue weighted by Gasteiger charge is 2.17. The van der Waals surface area contributed by atoms with Crippen LogP contribution in [0.1, 0.15) is 32.3 Å². The first kappa shape index (κ1) is 13.6. The second kappa shape index (κ2) is 6.41. The maximum absolute atomic E-state index is 11.9. The Morgan fingerprint density at radius 2 is 2.21 bits per heavy atom. The lowest BCUT2D eigenvalue weighted by atomic mass is 10.2. The number of ether oxygens (including phenoxy) is 1. The van der Waals surface area contributed by atoms with E-state index in [0.29, 0.717) is 12.4 Å². The summed E-state index contributed by atoms with van der Waals surface area (Å²) in [7, 11) is 0. The molecule has 2 rings (SSSR count). The fourth-order valence-electron chi connectivity index (χ4n) is 2.09. The van der Waals surface area contributed by atoms with Crippen molar-refractivity contribution < 1.29 is 9.53 Å². The Kier molecular flexibility index (Phi) is 4.60. The molecule has 0 spiro atoms. The van der Waals surface area contributed by atoms with Gasteiger partial charge in [0.05, 0.1) is 6.10 Å². The highest BCUT2D eigenvalue weighted by atomic mass is 16.5. The van der Waals surface area contributed by atoms with Gasteiger partial charge in [0.15, 0.2) is 0 Å². The Hall–Kier alpha value is -1.78. The Morgan fingerprint density at radius 1 is 1.47 bits per heavy atom. The number of hydrogen-bond acceptors (Lipinski definition) is 3. The third kappa shape index (κ3) is 3.84. The highest BCUT2D eigenvalue weighted by molar-refractivity contribution is 5.74. The number of nitrogens with one attached hydrogen (secondary N) is 1. The molecule has 5 heteroatoms. The van der Waals surface area contributed by atoms with Gasteiger partial charge in [-0.25, -0.2) is 9.78 Å². The molecule has 0 unspecified atom stereocenters. The van der Waals surface area contributed by atoms with Gasteiger partial charge in [0.1, 0.15) is 0 Å². The summed E-state index contributed by atoms with van der Waals surface area (Å²) in [6, 6.07) is 3.77. The summed E-state index contributed by atoms with van der Waals surface area (Å²) in [6.07, 6.45) is 3.97. The van der Waals surface area contributed by atoms with E-state index in [1.165, 1.54) is 0 Å². The van der Waals surface area contributed by atoms with E-state index in [-0.39, 0.29) is 12.1 Å². The van der Waals surface area contributed by atoms with E-state index >= 15 is 0 Å². The maximum Gasteiger partial charge on any atom is 0.317 e. The fraction of sp³-hybridized carbons (Fsp3) is 0.571. The molecule has 104 valence electrons. The molecule has 1 saturated heterocycles. The van der Waals surface area contributed by atoms with E-state index < -0.39 is 0 Å². The number of nitrogens with zero attached hydrogens (tertiary/aromatic N) is 2. The summed E-state index contributed by atoms with van der Waals surface area (Å²) in [5.74, 6) is 0.597. The SMILES string of the molecule is CC(C)Oc1ncccc1CNC(=O)N1CCCC1. The molecule has 1 aromatic heterocycles. The Balaban J connectivity index is 1.93. The van der Waals surface area contributed by atoms with Crippen LogP contribution in [0.3, 0.4) is 0 Å². The van der Waals surface area contributed by atoms with Crippen LogP contribution in [-0.2, 0) is 6.54 Å². The number of likely N-dealkylation sites (tertiary alicyclic amines) is 1. The monoisotopic (exact) mass is 263 g/mol. The molecule has 1 fully saturated rings. The number of amides is 2. The van der Waals surface area contributed by atoms with Crippen LogP contribution in [0, 0.1) is 0 Å². The molecule has 19 heavy (non-hydrogen) atoms. The summed E-state index contributed by atoms with van der Waals surface area (Å²) < 4.78 is 5.63. The molecule has 0 bridgehead atoms. The molecule has 2 amide bonds. The second-order valence-electron chi connectivity index (χ2n) is 4.99. The number of aromatic nitrogens is 1. The van der Waals surface area contributed by atoms with Gasteiger partial charge in [-0.15, -0.1) is 0 Å². The van der Waals surface area contributed by atoms with Crippen LogP contribution in [0.4, 0.5) is 4.79 Å². The van der Waals surface area contributed by atoms with Crippen molar-refractivity contribution in [3.8, 4) is 5.88 Å². The smallest absolute Gasteiger partial charge is 0.317 e. The van der Waals surface area contributed by atoms with E-state index in [0.717, 1.165) is 31.5 Å². The molecule has 1 N–H and O–H groups in total. The first-order valence-corrected chi connectivity index (χ1v) is 6.80. The molecule has 0 aliphatic carbocycles. The van der Waals surface area contributed by atoms with Crippen LogP contribution in [0.15, 0.2) is 18.3 Å². The van der Waals surface area contributed by atoms with Gasteiger partial charge in [0.25, 0.3) is 0 Å². The average molecular weight is 263 g/mol. The van der Waals surface area contributed by atoms with Crippen molar-refractivity contribution in [2.75, 3.05) is 13.1 Å². The first-order chi connectivity index (χ1) is 9.16. The zero-order valence-corrected chi connectivity index (χ0v) is 11.6. The van der Waals surface area contributed by atoms with Crippen molar-refractivity contribution in [2.24, 2.45) is 0 Å². The van der Waals surface area contributed by atoms with Crippen LogP contribution < -0.4 is 10.1 Å². The Morgan fingerprint density at radius 3 is 2.89 bits per heavy atom. The number of hydrogen-bond donors (Lipinski definition) is 1. The number of urea groups is 1. The average Bonchev–Trinajstić information content (AvgIpc) is 2.90. The quantitative estimate of drug-likeness (QED) is 0.905. The number of carbonyl (C=O) groups is 1. The van der Waals surface area contributed by atoms with E-state index in [9.17, 15) is 4.79 Å². The number of rotatable bonds is 4. The van der Waals surface area contributed by atoms with Gasteiger partial charge in [0.2, 0.25) is 5.88 Å². The molecule has 1 aromatic rings. The minimum Gasteiger partial charge on any atom is -0.475 e. The second-order valence-corrected chi connectivity index (χ2v) is 4.99. The van der Waals surface area contributed by atoms with Gasteiger partial charge < -0.3 is 15.0 Å². The third-order valence-corrected chi connectivity index (χ3v) is 3.02. The molecular weight excluding hydrogens is 242 g/mol. The van der Waals surface area contributed by atoms with Crippen LogP contribution in [0.2, 0.25) is 0 Å². The van der Waals surface area contributed by atoms with E-state index in [1.807, 2.05) is 30.9 Å². The number of carbonyl (C=O) groups excluding carboxylic acids is 1. The van der Waals surface area contributed by atoms with Crippen molar-refractivity contribution >= 4 is 6.03 Å². The van der Waals surface area contributed by atoms with Crippen LogP contribution in [0.25, 0.3) is 0 Å². The summed E-state index contributed by atoms with van der Waals surface area (Å²) in [5.41, 5.74) is 0.906. The molecule has 0 atom stereocenters. The minimum absolute atomic E-state index is 0.00292. The summed E-state index contributed by atoms with van der Waals surface area (Å²) in [6.45, 7) is 6.08. The topological polar surface area (TPSA) is 54.5 Å². The summed E-state index contributed by atoms with van der Waals surface area (Å²) in [4.78, 5) is 18.0. The summed E-state index contributed by atoms with van der Waals surface area (Å²) in [5, 5.41) is 2.92. The van der Waals surface area contributed by atoms with Gasteiger partial charge in [-0.3, -0.25) is 0 Å². The molecule has 0 radical (unpaired) electrons. The molecular formula is C14H21N3O2. The predicted molar refractivity (Wildman–Crippen MR) is 73.0 cm³/mol. The minimum atomic E-state index is -0.00292. The molecule has 0 saturated carbocycles. The van der Waals surface area contributed by atoms with Gasteiger partial charge in [0, 0.05) is 31.4 Å². The van der Waals surface area contributed by atoms with Gasteiger partial charge in [-0.2, -0.15) is 0 Å². The van der Waals surface area contributed by atoms with Crippen LogP contribution >= 0.6 is 0 Å². The van der Waals surface area contributed by atoms with Crippen molar-refractivity contribution in [3.05, 3.63) is 23.9 Å². The normalized spacial score (nSPS) is 14.8. The maximum atomic E-state index is 11.9. The molecule has 2 heterocycles. The van der Waals surface area contributed by atoms with Crippen molar-refractivity contribution in [1.82, 2.24) is 15.2 Å². The Labute approximate surface area is 114 Å². The predicted octanol–water partition coefficient (Wildman–Crippen LogP) is 2.17. The Bertz CT molecular complexity index is 428. The van der Waals surface area contributed by atoms with Gasteiger partial charge >= 0.3 is 6.03 Å². The lowest BCUT2D eigenvalue weighted by molar-refractivity contribution is 0.207. The summed E-state index contributed by atoms with van der Waals surface area (Å²) >= 11 is 0. The van der Waals surface area contributed by atoms with Gasteiger partial charge in [-0.05, 0) is 32.8 Å². The zero-order valence-electron chi connectivity index (χ0n) is 11.6. The van der Waals surface area contributed by atoms with Crippen LogP contribution in [0.5, 0.6) is 5.88 Å². The van der Waals surface area contributed by atoms with E-state index in [1.54, 1.807) is 6.20 Å². The van der Waals surface area contributed by atoms with Crippen molar-refractivity contribution in [3.63, 3.8) is 0 Å². The van der Waals surface area contributed by atoms with E-state index in [4.69, 9.17) is 4.74 Å². The van der Waals surface area contributed by atoms with Crippen LogP contribution in [-0.4, -0.2) is 35.1 Å². The molecule has 0 aromatic carbocycles. The third-order valence-electron chi connectivity index (χ3n) is 3.02. The molecule has 5 nitrogen and oxygen atoms in total. The lowest BCUT2D eigenvalue weighted by Gasteiger charge is -2.17. The van der Waals surface area contributed by atoms with Gasteiger partial charge in [-0.1, -0.05) is 6.07 Å². The number of pyridine rings is 1.